The van der Waals surface area contributed by atoms with Crippen molar-refractivity contribution in [2.75, 3.05) is 51.2 Å². The lowest BCUT2D eigenvalue weighted by atomic mass is 10.1. The number of carbonyl (C=O) groups excluding carboxylic acids is 1. The number of hydrogen-bond acceptors (Lipinski definition) is 2. The first-order chi connectivity index (χ1) is 13.1. The minimum absolute atomic E-state index is 0.110. The maximum Gasteiger partial charge on any atom is 0.279 e. The van der Waals surface area contributed by atoms with Crippen molar-refractivity contribution in [3.05, 3.63) is 59.7 Å². The van der Waals surface area contributed by atoms with E-state index in [0.717, 1.165) is 61.9 Å². The summed E-state index contributed by atoms with van der Waals surface area (Å²) in [6.45, 7) is 10.6. The molecule has 0 unspecified atom stereocenters. The lowest BCUT2D eigenvalue weighted by Crippen LogP contribution is -3.28. The molecule has 0 radical (unpaired) electrons. The van der Waals surface area contributed by atoms with Gasteiger partial charge in [-0.2, -0.15) is 0 Å². The second-order valence-corrected chi connectivity index (χ2v) is 7.40. The molecule has 0 aromatic heterocycles. The lowest BCUT2D eigenvalue weighted by molar-refractivity contribution is -1.01. The molecule has 1 saturated heterocycles. The first-order valence-corrected chi connectivity index (χ1v) is 9.83. The van der Waals surface area contributed by atoms with Gasteiger partial charge in [0.2, 0.25) is 0 Å². The molecule has 2 aromatic rings. The standard InChI is InChI=1S/C22H29N3O2/c1-18-7-6-8-19(2)22(18)23-21(26)17-25-13-11-24(12-14-25)15-16-27-20-9-4-3-5-10-20/h3-10H,11-17H2,1-2H3,(H,23,26)/p+2. The lowest BCUT2D eigenvalue weighted by Gasteiger charge is -2.29. The summed E-state index contributed by atoms with van der Waals surface area (Å²) in [5, 5.41) is 3.10. The normalized spacial score (nSPS) is 19.5. The van der Waals surface area contributed by atoms with Crippen LogP contribution in [0.2, 0.25) is 0 Å². The van der Waals surface area contributed by atoms with Crippen molar-refractivity contribution < 1.29 is 19.3 Å². The molecule has 2 aromatic carbocycles. The maximum atomic E-state index is 12.4. The summed E-state index contributed by atoms with van der Waals surface area (Å²) in [4.78, 5) is 15.4. The Bertz CT molecular complexity index is 720. The zero-order chi connectivity index (χ0) is 19.1. The fourth-order valence-electron chi connectivity index (χ4n) is 3.64. The highest BCUT2D eigenvalue weighted by Crippen LogP contribution is 2.18. The zero-order valence-corrected chi connectivity index (χ0v) is 16.4. The first-order valence-electron chi connectivity index (χ1n) is 9.83. The number of aryl methyl sites for hydroxylation is 2. The molecule has 3 N–H and O–H groups in total. The monoisotopic (exact) mass is 369 g/mol. The number of quaternary nitrogens is 2. The average molecular weight is 370 g/mol. The first kappa shape index (κ1) is 19.4. The number of amides is 1. The number of nitrogens with one attached hydrogen (secondary N) is 3. The molecule has 1 fully saturated rings. The summed E-state index contributed by atoms with van der Waals surface area (Å²) >= 11 is 0. The molecule has 27 heavy (non-hydrogen) atoms. The number of ether oxygens (including phenoxy) is 1. The van der Waals surface area contributed by atoms with Gasteiger partial charge in [-0.1, -0.05) is 36.4 Å². The number of carbonyl (C=O) groups is 1. The Morgan fingerprint density at radius 1 is 0.926 bits per heavy atom. The Hall–Kier alpha value is -2.37. The maximum absolute atomic E-state index is 12.4. The van der Waals surface area contributed by atoms with Crippen LogP contribution in [0.15, 0.2) is 48.5 Å². The van der Waals surface area contributed by atoms with Crippen LogP contribution in [0.4, 0.5) is 5.69 Å². The van der Waals surface area contributed by atoms with Gasteiger partial charge in [0, 0.05) is 5.69 Å². The van der Waals surface area contributed by atoms with Crippen LogP contribution in [-0.2, 0) is 4.79 Å². The number of anilines is 1. The Balaban J connectivity index is 1.37. The minimum Gasteiger partial charge on any atom is -0.488 e. The molecule has 1 heterocycles. The third kappa shape index (κ3) is 5.81. The molecular formula is C22H31N3O2+2. The third-order valence-corrected chi connectivity index (χ3v) is 5.29. The zero-order valence-electron chi connectivity index (χ0n) is 16.4. The van der Waals surface area contributed by atoms with E-state index in [9.17, 15) is 4.79 Å². The van der Waals surface area contributed by atoms with E-state index in [-0.39, 0.29) is 5.91 Å². The predicted molar refractivity (Wildman–Crippen MR) is 108 cm³/mol. The van der Waals surface area contributed by atoms with E-state index >= 15 is 0 Å². The molecule has 0 bridgehead atoms. The van der Waals surface area contributed by atoms with Crippen molar-refractivity contribution >= 4 is 11.6 Å². The fourth-order valence-corrected chi connectivity index (χ4v) is 3.64. The second kappa shape index (κ2) is 9.53. The Labute approximate surface area is 161 Å². The average Bonchev–Trinajstić information content (AvgIpc) is 2.67. The van der Waals surface area contributed by atoms with Crippen LogP contribution >= 0.6 is 0 Å². The van der Waals surface area contributed by atoms with E-state index in [1.807, 2.05) is 62.4 Å². The van der Waals surface area contributed by atoms with E-state index in [1.54, 1.807) is 4.90 Å². The molecule has 1 amide bonds. The molecule has 0 saturated carbocycles. The summed E-state index contributed by atoms with van der Waals surface area (Å²) in [6.07, 6.45) is 0. The number of para-hydroxylation sites is 2. The van der Waals surface area contributed by atoms with Gasteiger partial charge >= 0.3 is 0 Å². The Kier molecular flexibility index (Phi) is 6.85. The van der Waals surface area contributed by atoms with E-state index in [2.05, 4.69) is 5.32 Å². The molecule has 1 aliphatic heterocycles. The van der Waals surface area contributed by atoms with Crippen LogP contribution in [0.3, 0.4) is 0 Å². The number of piperazine rings is 1. The van der Waals surface area contributed by atoms with Crippen molar-refractivity contribution in [3.8, 4) is 5.75 Å². The molecule has 3 rings (SSSR count). The summed E-state index contributed by atoms with van der Waals surface area (Å²) in [7, 11) is 0. The minimum atomic E-state index is 0.110. The van der Waals surface area contributed by atoms with Gasteiger partial charge in [-0.3, -0.25) is 4.79 Å². The van der Waals surface area contributed by atoms with Crippen LogP contribution in [0.1, 0.15) is 11.1 Å². The fraction of sp³-hybridized carbons (Fsp3) is 0.409. The molecule has 5 nitrogen and oxygen atoms in total. The molecule has 0 aliphatic carbocycles. The van der Waals surface area contributed by atoms with Crippen molar-refractivity contribution in [2.45, 2.75) is 13.8 Å². The van der Waals surface area contributed by atoms with Gasteiger partial charge in [0.15, 0.2) is 6.54 Å². The van der Waals surface area contributed by atoms with Gasteiger partial charge in [-0.25, -0.2) is 0 Å². The van der Waals surface area contributed by atoms with E-state index in [0.29, 0.717) is 6.54 Å². The SMILES string of the molecule is Cc1cccc(C)c1NC(=O)C[NH+]1CC[NH+](CCOc2ccccc2)CC1. The van der Waals surface area contributed by atoms with Gasteiger partial charge in [0.05, 0.1) is 0 Å². The third-order valence-electron chi connectivity index (χ3n) is 5.29. The van der Waals surface area contributed by atoms with Crippen LogP contribution < -0.4 is 19.9 Å². The molecule has 0 atom stereocenters. The van der Waals surface area contributed by atoms with Crippen molar-refractivity contribution in [1.29, 1.82) is 0 Å². The van der Waals surface area contributed by atoms with E-state index in [1.165, 1.54) is 4.90 Å². The van der Waals surface area contributed by atoms with Gasteiger partial charge in [0.1, 0.15) is 45.1 Å². The smallest absolute Gasteiger partial charge is 0.279 e. The van der Waals surface area contributed by atoms with Crippen LogP contribution in [0.5, 0.6) is 5.75 Å². The number of rotatable bonds is 7. The van der Waals surface area contributed by atoms with Gasteiger partial charge in [-0.15, -0.1) is 0 Å². The van der Waals surface area contributed by atoms with Crippen LogP contribution in [-0.4, -0.2) is 51.8 Å². The van der Waals surface area contributed by atoms with E-state index in [4.69, 9.17) is 4.74 Å². The predicted octanol–water partition coefficient (Wildman–Crippen LogP) is 0.104. The highest BCUT2D eigenvalue weighted by Gasteiger charge is 2.24. The summed E-state index contributed by atoms with van der Waals surface area (Å²) in [5.74, 6) is 1.04. The Morgan fingerprint density at radius 3 is 2.22 bits per heavy atom. The summed E-state index contributed by atoms with van der Waals surface area (Å²) < 4.78 is 5.80. The topological polar surface area (TPSA) is 47.2 Å². The quantitative estimate of drug-likeness (QED) is 0.649. The largest absolute Gasteiger partial charge is 0.488 e. The number of benzene rings is 2. The molecule has 1 aliphatic rings. The highest BCUT2D eigenvalue weighted by molar-refractivity contribution is 5.93. The Morgan fingerprint density at radius 2 is 1.56 bits per heavy atom. The summed E-state index contributed by atoms with van der Waals surface area (Å²) in [6, 6.07) is 16.1. The highest BCUT2D eigenvalue weighted by atomic mass is 16.5. The van der Waals surface area contributed by atoms with Crippen LogP contribution in [0.25, 0.3) is 0 Å². The van der Waals surface area contributed by atoms with E-state index < -0.39 is 0 Å². The van der Waals surface area contributed by atoms with Crippen LogP contribution in [0, 0.1) is 13.8 Å². The van der Waals surface area contributed by atoms with Crippen molar-refractivity contribution in [3.63, 3.8) is 0 Å². The van der Waals surface area contributed by atoms with Gasteiger partial charge < -0.3 is 19.9 Å². The van der Waals surface area contributed by atoms with Crippen molar-refractivity contribution in [1.82, 2.24) is 0 Å². The summed E-state index contributed by atoms with van der Waals surface area (Å²) in [5.41, 5.74) is 3.20. The van der Waals surface area contributed by atoms with Crippen molar-refractivity contribution in [2.24, 2.45) is 0 Å². The van der Waals surface area contributed by atoms with Gasteiger partial charge in [-0.05, 0) is 37.1 Å². The number of hydrogen-bond donors (Lipinski definition) is 3. The molecule has 0 spiro atoms. The second-order valence-electron chi connectivity index (χ2n) is 7.40. The van der Waals surface area contributed by atoms with Gasteiger partial charge in [0.25, 0.3) is 5.91 Å². The molecular weight excluding hydrogens is 338 g/mol. The molecule has 144 valence electrons. The molecule has 5 heteroatoms.